The number of para-hydroxylation sites is 2. The summed E-state index contributed by atoms with van der Waals surface area (Å²) in [7, 11) is 0. The van der Waals surface area contributed by atoms with Crippen LogP contribution >= 0.6 is 0 Å². The van der Waals surface area contributed by atoms with Crippen molar-refractivity contribution in [1.82, 2.24) is 4.98 Å². The fraction of sp³-hybridized carbons (Fsp3) is 0.0185. The van der Waals surface area contributed by atoms with E-state index in [0.29, 0.717) is 0 Å². The van der Waals surface area contributed by atoms with E-state index in [-0.39, 0.29) is 0 Å². The molecule has 0 amide bonds. The van der Waals surface area contributed by atoms with Gasteiger partial charge in [0.1, 0.15) is 0 Å². The molecule has 57 heavy (non-hydrogen) atoms. The lowest BCUT2D eigenvalue weighted by atomic mass is 9.62. The van der Waals surface area contributed by atoms with Crippen molar-refractivity contribution in [2.75, 3.05) is 9.80 Å². The zero-order chi connectivity index (χ0) is 38.0. The van der Waals surface area contributed by atoms with E-state index < -0.39 is 5.41 Å². The highest BCUT2D eigenvalue weighted by Crippen LogP contribution is 2.58. The van der Waals surface area contributed by atoms with E-state index in [1.54, 1.807) is 0 Å². The van der Waals surface area contributed by atoms with E-state index in [1.807, 2.05) is 18.3 Å². The van der Waals surface area contributed by atoms with Gasteiger partial charge in [0.05, 0.1) is 22.5 Å². The molecule has 0 saturated heterocycles. The van der Waals surface area contributed by atoms with E-state index >= 15 is 0 Å². The molecule has 0 spiro atoms. The smallest absolute Gasteiger partial charge is 0.0742 e. The van der Waals surface area contributed by atoms with Gasteiger partial charge in [-0.1, -0.05) is 164 Å². The van der Waals surface area contributed by atoms with E-state index in [1.165, 1.54) is 33.4 Å². The van der Waals surface area contributed by atoms with Crippen molar-refractivity contribution in [3.63, 3.8) is 0 Å². The summed E-state index contributed by atoms with van der Waals surface area (Å²) in [4.78, 5) is 9.44. The highest BCUT2D eigenvalue weighted by molar-refractivity contribution is 5.92. The first-order valence-electron chi connectivity index (χ1n) is 19.5. The van der Waals surface area contributed by atoms with Gasteiger partial charge in [-0.3, -0.25) is 4.98 Å². The molecule has 0 N–H and O–H groups in total. The fourth-order valence-electron chi connectivity index (χ4n) is 8.64. The monoisotopic (exact) mass is 729 g/mol. The van der Waals surface area contributed by atoms with Crippen LogP contribution in [0.2, 0.25) is 0 Å². The first kappa shape index (κ1) is 34.0. The summed E-state index contributed by atoms with van der Waals surface area (Å²) in [5.41, 5.74) is 15.3. The molecule has 0 atom stereocenters. The quantitative estimate of drug-likeness (QED) is 0.155. The van der Waals surface area contributed by atoms with Crippen molar-refractivity contribution in [2.45, 2.75) is 5.41 Å². The van der Waals surface area contributed by atoms with Gasteiger partial charge in [-0.2, -0.15) is 0 Å². The maximum absolute atomic E-state index is 4.63. The molecule has 0 fully saturated rings. The summed E-state index contributed by atoms with van der Waals surface area (Å²) in [6.45, 7) is 0. The highest BCUT2D eigenvalue weighted by atomic mass is 15.2. The van der Waals surface area contributed by atoms with Crippen LogP contribution in [0.25, 0.3) is 22.4 Å². The minimum Gasteiger partial charge on any atom is -0.310 e. The largest absolute Gasteiger partial charge is 0.310 e. The van der Waals surface area contributed by atoms with Gasteiger partial charge in [0.15, 0.2) is 0 Å². The van der Waals surface area contributed by atoms with Gasteiger partial charge in [0, 0.05) is 34.5 Å². The van der Waals surface area contributed by atoms with E-state index in [4.69, 9.17) is 0 Å². The second-order valence-corrected chi connectivity index (χ2v) is 14.4. The van der Waals surface area contributed by atoms with Gasteiger partial charge < -0.3 is 9.80 Å². The topological polar surface area (TPSA) is 19.4 Å². The summed E-state index contributed by atoms with van der Waals surface area (Å²) in [5.74, 6) is 0. The lowest BCUT2D eigenvalue weighted by Gasteiger charge is -2.47. The Morgan fingerprint density at radius 3 is 1.47 bits per heavy atom. The molecule has 1 aliphatic heterocycles. The third kappa shape index (κ3) is 5.98. The van der Waals surface area contributed by atoms with Crippen LogP contribution in [0.5, 0.6) is 0 Å². The molecule has 2 heterocycles. The van der Waals surface area contributed by atoms with Gasteiger partial charge in [0.25, 0.3) is 0 Å². The molecule has 3 nitrogen and oxygen atoms in total. The van der Waals surface area contributed by atoms with Crippen molar-refractivity contribution in [2.24, 2.45) is 0 Å². The number of benzene rings is 8. The molecule has 1 aromatic heterocycles. The van der Waals surface area contributed by atoms with Crippen LogP contribution in [0, 0.1) is 0 Å². The van der Waals surface area contributed by atoms with E-state index in [2.05, 4.69) is 233 Å². The number of hydrogen-bond donors (Lipinski definition) is 0. The van der Waals surface area contributed by atoms with Crippen molar-refractivity contribution in [3.8, 4) is 22.4 Å². The number of aromatic nitrogens is 1. The zero-order valence-electron chi connectivity index (χ0n) is 31.4. The Morgan fingerprint density at radius 2 is 0.860 bits per heavy atom. The molecule has 0 saturated carbocycles. The molecule has 1 aliphatic rings. The second kappa shape index (κ2) is 14.6. The molecule has 10 rings (SSSR count). The molecule has 0 unspecified atom stereocenters. The van der Waals surface area contributed by atoms with E-state index in [9.17, 15) is 0 Å². The number of anilines is 6. The maximum Gasteiger partial charge on any atom is 0.0742 e. The molecule has 9 aromatic rings. The third-order valence-electron chi connectivity index (χ3n) is 11.2. The fourth-order valence-corrected chi connectivity index (χ4v) is 8.64. The molecular formula is C54H39N3. The molecule has 270 valence electrons. The molecule has 3 heteroatoms. The Morgan fingerprint density at radius 1 is 0.368 bits per heavy atom. The number of pyridine rings is 1. The van der Waals surface area contributed by atoms with Crippen LogP contribution in [0.3, 0.4) is 0 Å². The van der Waals surface area contributed by atoms with Crippen LogP contribution in [-0.4, -0.2) is 4.98 Å². The second-order valence-electron chi connectivity index (χ2n) is 14.4. The number of hydrogen-bond acceptors (Lipinski definition) is 3. The minimum absolute atomic E-state index is 0.579. The summed E-state index contributed by atoms with van der Waals surface area (Å²) in [5, 5.41) is 0. The number of nitrogens with zero attached hydrogens (tertiary/aromatic N) is 3. The first-order valence-corrected chi connectivity index (χ1v) is 19.5. The summed E-state index contributed by atoms with van der Waals surface area (Å²) < 4.78 is 0. The summed E-state index contributed by atoms with van der Waals surface area (Å²) in [6.07, 6.45) is 1.85. The van der Waals surface area contributed by atoms with Crippen LogP contribution in [0.15, 0.2) is 237 Å². The standard InChI is InChI=1S/C54H39N3/c1-5-17-40(18-6-1)41-28-32-46(33-29-41)56(47-34-30-42(31-35-47)51-26-15-16-38-55-51)48-36-37-50-53(39-48)57(45-23-11-4-12-24-45)52-27-14-13-25-49(52)54(50,43-19-7-2-8-20-43)44-21-9-3-10-22-44/h1-39H. The van der Waals surface area contributed by atoms with Crippen LogP contribution in [0.4, 0.5) is 34.1 Å². The van der Waals surface area contributed by atoms with Crippen LogP contribution < -0.4 is 9.80 Å². The van der Waals surface area contributed by atoms with Gasteiger partial charge in [0.2, 0.25) is 0 Å². The Bertz CT molecular complexity index is 2630. The Labute approximate surface area is 334 Å². The Kier molecular flexibility index (Phi) is 8.74. The Balaban J connectivity index is 1.22. The molecule has 0 radical (unpaired) electrons. The molecule has 0 aliphatic carbocycles. The van der Waals surface area contributed by atoms with Crippen LogP contribution in [0.1, 0.15) is 22.3 Å². The van der Waals surface area contributed by atoms with Crippen molar-refractivity contribution >= 4 is 34.1 Å². The minimum atomic E-state index is -0.579. The Hall–Kier alpha value is -7.49. The third-order valence-corrected chi connectivity index (χ3v) is 11.2. The zero-order valence-corrected chi connectivity index (χ0v) is 31.4. The first-order chi connectivity index (χ1) is 28.3. The average molecular weight is 730 g/mol. The molecule has 0 bridgehead atoms. The highest BCUT2D eigenvalue weighted by Gasteiger charge is 2.46. The predicted octanol–water partition coefficient (Wildman–Crippen LogP) is 14.1. The van der Waals surface area contributed by atoms with Gasteiger partial charge >= 0.3 is 0 Å². The average Bonchev–Trinajstić information content (AvgIpc) is 3.30. The van der Waals surface area contributed by atoms with Gasteiger partial charge in [-0.05, 0) is 100 Å². The summed E-state index contributed by atoms with van der Waals surface area (Å²) >= 11 is 0. The number of fused-ring (bicyclic) bond motifs is 2. The lowest BCUT2D eigenvalue weighted by molar-refractivity contribution is 0.731. The van der Waals surface area contributed by atoms with Gasteiger partial charge in [-0.25, -0.2) is 0 Å². The van der Waals surface area contributed by atoms with Crippen molar-refractivity contribution in [1.29, 1.82) is 0 Å². The molecule has 8 aromatic carbocycles. The van der Waals surface area contributed by atoms with Gasteiger partial charge in [-0.15, -0.1) is 0 Å². The molecular weight excluding hydrogens is 691 g/mol. The van der Waals surface area contributed by atoms with E-state index in [0.717, 1.165) is 45.4 Å². The normalized spacial score (nSPS) is 12.7. The predicted molar refractivity (Wildman–Crippen MR) is 236 cm³/mol. The SMILES string of the molecule is c1ccc(-c2ccc(N(c3ccc(-c4ccccn4)cc3)c3ccc4c(c3)N(c3ccccc3)c3ccccc3C4(c3ccccc3)c3ccccc3)cc2)cc1. The maximum atomic E-state index is 4.63. The van der Waals surface area contributed by atoms with Crippen molar-refractivity contribution < 1.29 is 0 Å². The van der Waals surface area contributed by atoms with Crippen molar-refractivity contribution in [3.05, 3.63) is 259 Å². The lowest BCUT2D eigenvalue weighted by Crippen LogP contribution is -2.37. The van der Waals surface area contributed by atoms with Crippen LogP contribution in [-0.2, 0) is 5.41 Å². The number of rotatable bonds is 8. The summed E-state index contributed by atoms with van der Waals surface area (Å²) in [6, 6.07) is 83.0.